The van der Waals surface area contributed by atoms with Gasteiger partial charge in [0.2, 0.25) is 0 Å². The zero-order valence-electron chi connectivity index (χ0n) is 13.5. The summed E-state index contributed by atoms with van der Waals surface area (Å²) in [6, 6.07) is 5.85. The van der Waals surface area contributed by atoms with Crippen LogP contribution in [0.4, 0.5) is 9.18 Å². The van der Waals surface area contributed by atoms with Crippen LogP contribution in [0.2, 0.25) is 0 Å². The van der Waals surface area contributed by atoms with E-state index in [4.69, 9.17) is 0 Å². The zero-order chi connectivity index (χ0) is 16.5. The maximum Gasteiger partial charge on any atom is 0.314 e. The van der Waals surface area contributed by atoms with Crippen molar-refractivity contribution in [1.29, 1.82) is 0 Å². The first-order valence-electron chi connectivity index (χ1n) is 7.67. The fraction of sp³-hybridized carbons (Fsp3) is 0.562. The summed E-state index contributed by atoms with van der Waals surface area (Å²) in [5.74, 6) is -0.479. The third kappa shape index (κ3) is 5.61. The number of carbonyl (C=O) groups is 1. The van der Waals surface area contributed by atoms with Crippen molar-refractivity contribution in [3.63, 3.8) is 0 Å². The Balaban J connectivity index is 2.36. The summed E-state index contributed by atoms with van der Waals surface area (Å²) in [5, 5.41) is 15.2. The standard InChI is InChI=1S/C16H26FN3O2/c1-4-20(5-2)12(3)10-18-16(22)19-11-15(21)13-8-6-7-9-14(13)17/h6-9,12,15,21H,4-5,10-11H2,1-3H3,(H2,18,19,22). The Morgan fingerprint density at radius 3 is 2.41 bits per heavy atom. The fourth-order valence-electron chi connectivity index (χ4n) is 2.32. The Morgan fingerprint density at radius 2 is 1.82 bits per heavy atom. The molecule has 5 nitrogen and oxygen atoms in total. The molecule has 22 heavy (non-hydrogen) atoms. The van der Waals surface area contributed by atoms with Gasteiger partial charge in [-0.1, -0.05) is 32.0 Å². The van der Waals surface area contributed by atoms with Gasteiger partial charge >= 0.3 is 6.03 Å². The van der Waals surface area contributed by atoms with Crippen molar-refractivity contribution in [2.45, 2.75) is 32.9 Å². The normalized spacial score (nSPS) is 13.7. The largest absolute Gasteiger partial charge is 0.386 e. The number of halogens is 1. The van der Waals surface area contributed by atoms with Crippen LogP contribution >= 0.6 is 0 Å². The summed E-state index contributed by atoms with van der Waals surface area (Å²) >= 11 is 0. The number of likely N-dealkylation sites (N-methyl/N-ethyl adjacent to an activating group) is 1. The van der Waals surface area contributed by atoms with Gasteiger partial charge in [0.25, 0.3) is 0 Å². The molecule has 1 rings (SSSR count). The first-order valence-corrected chi connectivity index (χ1v) is 7.67. The van der Waals surface area contributed by atoms with Gasteiger partial charge in [-0.2, -0.15) is 0 Å². The molecule has 0 aliphatic rings. The number of hydrogen-bond acceptors (Lipinski definition) is 3. The summed E-state index contributed by atoms with van der Waals surface area (Å²) in [7, 11) is 0. The molecule has 0 saturated carbocycles. The molecule has 0 fully saturated rings. The van der Waals surface area contributed by atoms with Gasteiger partial charge in [-0.05, 0) is 26.1 Å². The second-order valence-electron chi connectivity index (χ2n) is 5.20. The maximum absolute atomic E-state index is 13.5. The van der Waals surface area contributed by atoms with Gasteiger partial charge in [-0.3, -0.25) is 4.90 Å². The first kappa shape index (κ1) is 18.4. The van der Waals surface area contributed by atoms with Gasteiger partial charge in [0.15, 0.2) is 0 Å². The number of hydrogen-bond donors (Lipinski definition) is 3. The van der Waals surface area contributed by atoms with Crippen molar-refractivity contribution >= 4 is 6.03 Å². The van der Waals surface area contributed by atoms with E-state index in [-0.39, 0.29) is 24.2 Å². The average Bonchev–Trinajstić information content (AvgIpc) is 2.52. The highest BCUT2D eigenvalue weighted by Crippen LogP contribution is 2.15. The summed E-state index contributed by atoms with van der Waals surface area (Å²) in [5.41, 5.74) is 0.180. The fourth-order valence-corrected chi connectivity index (χ4v) is 2.32. The molecule has 0 bridgehead atoms. The van der Waals surface area contributed by atoms with Crippen molar-refractivity contribution in [1.82, 2.24) is 15.5 Å². The molecule has 124 valence electrons. The number of nitrogens with zero attached hydrogens (tertiary/aromatic N) is 1. The van der Waals surface area contributed by atoms with Gasteiger partial charge in [-0.15, -0.1) is 0 Å². The molecule has 2 atom stereocenters. The second-order valence-corrected chi connectivity index (χ2v) is 5.20. The number of benzene rings is 1. The second kappa shape index (κ2) is 9.38. The lowest BCUT2D eigenvalue weighted by molar-refractivity contribution is 0.167. The van der Waals surface area contributed by atoms with E-state index in [9.17, 15) is 14.3 Å². The van der Waals surface area contributed by atoms with Crippen LogP contribution in [0.5, 0.6) is 0 Å². The number of rotatable bonds is 8. The first-order chi connectivity index (χ1) is 10.5. The van der Waals surface area contributed by atoms with Crippen LogP contribution in [-0.4, -0.2) is 48.3 Å². The molecular weight excluding hydrogens is 285 g/mol. The summed E-state index contributed by atoms with van der Waals surface area (Å²) in [6.07, 6.45) is -1.06. The molecule has 2 unspecified atom stereocenters. The topological polar surface area (TPSA) is 64.6 Å². The van der Waals surface area contributed by atoms with Gasteiger partial charge < -0.3 is 15.7 Å². The van der Waals surface area contributed by atoms with E-state index < -0.39 is 11.9 Å². The van der Waals surface area contributed by atoms with Crippen molar-refractivity contribution in [2.24, 2.45) is 0 Å². The Bertz CT molecular complexity index is 466. The van der Waals surface area contributed by atoms with Gasteiger partial charge in [0.05, 0.1) is 6.10 Å². The molecule has 3 N–H and O–H groups in total. The quantitative estimate of drug-likeness (QED) is 0.687. The van der Waals surface area contributed by atoms with E-state index in [1.54, 1.807) is 12.1 Å². The molecule has 1 aromatic rings. The van der Waals surface area contributed by atoms with E-state index in [1.807, 2.05) is 6.92 Å². The minimum Gasteiger partial charge on any atom is -0.386 e. The molecule has 2 amide bonds. The van der Waals surface area contributed by atoms with Crippen molar-refractivity contribution < 1.29 is 14.3 Å². The van der Waals surface area contributed by atoms with Crippen LogP contribution in [0, 0.1) is 5.82 Å². The van der Waals surface area contributed by atoms with Crippen LogP contribution < -0.4 is 10.6 Å². The van der Waals surface area contributed by atoms with Crippen LogP contribution in [-0.2, 0) is 0 Å². The van der Waals surface area contributed by atoms with Crippen molar-refractivity contribution in [3.05, 3.63) is 35.6 Å². The predicted octanol–water partition coefficient (Wildman–Crippen LogP) is 1.89. The number of aliphatic hydroxyl groups excluding tert-OH is 1. The Morgan fingerprint density at radius 1 is 1.23 bits per heavy atom. The summed E-state index contributed by atoms with van der Waals surface area (Å²) < 4.78 is 13.5. The number of amides is 2. The van der Waals surface area contributed by atoms with Gasteiger partial charge in [0, 0.05) is 24.7 Å². The van der Waals surface area contributed by atoms with Gasteiger partial charge in [0.1, 0.15) is 5.82 Å². The lowest BCUT2D eigenvalue weighted by Crippen LogP contribution is -2.45. The number of aliphatic hydroxyl groups is 1. The summed E-state index contributed by atoms with van der Waals surface area (Å²) in [6.45, 7) is 8.52. The van der Waals surface area contributed by atoms with E-state index in [1.165, 1.54) is 12.1 Å². The predicted molar refractivity (Wildman–Crippen MR) is 85.1 cm³/mol. The van der Waals surface area contributed by atoms with Crippen LogP contribution in [0.25, 0.3) is 0 Å². The van der Waals surface area contributed by atoms with Gasteiger partial charge in [-0.25, -0.2) is 9.18 Å². The smallest absolute Gasteiger partial charge is 0.314 e. The molecule has 0 heterocycles. The van der Waals surface area contributed by atoms with E-state index in [2.05, 4.69) is 29.4 Å². The number of nitrogens with one attached hydrogen (secondary N) is 2. The zero-order valence-corrected chi connectivity index (χ0v) is 13.5. The number of urea groups is 1. The number of carbonyl (C=O) groups excluding carboxylic acids is 1. The molecule has 0 aromatic heterocycles. The summed E-state index contributed by atoms with van der Waals surface area (Å²) in [4.78, 5) is 14.0. The highest BCUT2D eigenvalue weighted by atomic mass is 19.1. The average molecular weight is 311 g/mol. The third-order valence-corrected chi connectivity index (χ3v) is 3.71. The van der Waals surface area contributed by atoms with E-state index in [0.717, 1.165) is 13.1 Å². The lowest BCUT2D eigenvalue weighted by Gasteiger charge is -2.26. The molecule has 0 aliphatic heterocycles. The van der Waals surface area contributed by atoms with Crippen LogP contribution in [0.3, 0.4) is 0 Å². The molecule has 0 radical (unpaired) electrons. The lowest BCUT2D eigenvalue weighted by atomic mass is 10.1. The maximum atomic E-state index is 13.5. The molecular formula is C16H26FN3O2. The molecule has 0 saturated heterocycles. The molecule has 0 aliphatic carbocycles. The Kier molecular flexibility index (Phi) is 7.84. The minimum atomic E-state index is -1.06. The van der Waals surface area contributed by atoms with Crippen molar-refractivity contribution in [2.75, 3.05) is 26.2 Å². The van der Waals surface area contributed by atoms with Crippen molar-refractivity contribution in [3.8, 4) is 0 Å². The van der Waals surface area contributed by atoms with Crippen LogP contribution in [0.1, 0.15) is 32.4 Å². The third-order valence-electron chi connectivity index (χ3n) is 3.71. The van der Waals surface area contributed by atoms with E-state index >= 15 is 0 Å². The Labute approximate surface area is 131 Å². The SMILES string of the molecule is CCN(CC)C(C)CNC(=O)NCC(O)c1ccccc1F. The monoisotopic (exact) mass is 311 g/mol. The van der Waals surface area contributed by atoms with Crippen LogP contribution in [0.15, 0.2) is 24.3 Å². The molecule has 6 heteroatoms. The minimum absolute atomic E-state index is 0.0353. The Hall–Kier alpha value is -1.66. The highest BCUT2D eigenvalue weighted by molar-refractivity contribution is 5.73. The van der Waals surface area contributed by atoms with E-state index in [0.29, 0.717) is 6.54 Å². The molecule has 0 spiro atoms. The highest BCUT2D eigenvalue weighted by Gasteiger charge is 2.14. The molecule has 1 aromatic carbocycles.